The summed E-state index contributed by atoms with van der Waals surface area (Å²) < 4.78 is 35.7. The number of aliphatic hydroxyl groups is 1. The number of nitrogens with zero attached hydrogens (tertiary/aromatic N) is 1. The zero-order chi connectivity index (χ0) is 10.1. The molecule has 1 aromatic heterocycles. The van der Waals surface area contributed by atoms with Crippen LogP contribution in [0.1, 0.15) is 11.8 Å². The van der Waals surface area contributed by atoms with Crippen LogP contribution in [0.15, 0.2) is 18.3 Å². The van der Waals surface area contributed by atoms with Crippen LogP contribution < -0.4 is 0 Å². The normalized spacial score (nSPS) is 14.2. The maximum atomic E-state index is 11.9. The first-order chi connectivity index (χ1) is 5.93. The summed E-state index contributed by atoms with van der Waals surface area (Å²) in [5.74, 6) is -0.674. The van der Waals surface area contributed by atoms with E-state index in [1.165, 1.54) is 6.07 Å². The van der Waals surface area contributed by atoms with Gasteiger partial charge in [0.25, 0.3) is 0 Å². The molecule has 13 heavy (non-hydrogen) atoms. The van der Waals surface area contributed by atoms with E-state index in [1.807, 2.05) is 0 Å². The van der Waals surface area contributed by atoms with Crippen LogP contribution >= 0.6 is 0 Å². The number of hydrogen-bond acceptors (Lipinski definition) is 3. The molecule has 1 unspecified atom stereocenters. The molecule has 2 N–H and O–H groups in total. The lowest BCUT2D eigenvalue weighted by molar-refractivity contribution is -0.208. The molecule has 0 aromatic carbocycles. The molecule has 1 aromatic rings. The molecular weight excluding hydrogens is 187 g/mol. The molecule has 0 aliphatic carbocycles. The van der Waals surface area contributed by atoms with E-state index in [1.54, 1.807) is 0 Å². The van der Waals surface area contributed by atoms with Gasteiger partial charge >= 0.3 is 6.18 Å². The number of hydrogen-bond donors (Lipinski definition) is 2. The molecule has 1 rings (SSSR count). The minimum Gasteiger partial charge on any atom is -0.506 e. The van der Waals surface area contributed by atoms with E-state index in [4.69, 9.17) is 10.2 Å². The van der Waals surface area contributed by atoms with Gasteiger partial charge in [-0.1, -0.05) is 0 Å². The number of halogens is 3. The fourth-order valence-corrected chi connectivity index (χ4v) is 0.775. The van der Waals surface area contributed by atoms with Crippen LogP contribution in [0.5, 0.6) is 5.75 Å². The molecule has 0 saturated carbocycles. The molecular formula is C7H6F3NO2. The van der Waals surface area contributed by atoms with E-state index >= 15 is 0 Å². The summed E-state index contributed by atoms with van der Waals surface area (Å²) in [5.41, 5.74) is -0.782. The first kappa shape index (κ1) is 9.79. The predicted octanol–water partition coefficient (Wildman–Crippen LogP) is 1.38. The lowest BCUT2D eigenvalue weighted by atomic mass is 10.2. The van der Waals surface area contributed by atoms with Gasteiger partial charge in [-0.2, -0.15) is 13.2 Å². The molecule has 1 heterocycles. The highest BCUT2D eigenvalue weighted by Gasteiger charge is 2.41. The van der Waals surface area contributed by atoms with Crippen molar-refractivity contribution < 1.29 is 23.4 Å². The molecule has 0 spiro atoms. The zero-order valence-corrected chi connectivity index (χ0v) is 6.28. The van der Waals surface area contributed by atoms with Crippen LogP contribution in [0.2, 0.25) is 0 Å². The highest BCUT2D eigenvalue weighted by molar-refractivity contribution is 5.27. The van der Waals surface area contributed by atoms with Gasteiger partial charge in [-0.05, 0) is 12.1 Å². The second-order valence-electron chi connectivity index (χ2n) is 2.35. The Morgan fingerprint density at radius 1 is 1.38 bits per heavy atom. The average molecular weight is 193 g/mol. The molecule has 0 fully saturated rings. The van der Waals surface area contributed by atoms with Gasteiger partial charge in [-0.15, -0.1) is 0 Å². The Labute approximate surface area is 71.5 Å². The first-order valence-corrected chi connectivity index (χ1v) is 3.31. The van der Waals surface area contributed by atoms with E-state index in [0.717, 1.165) is 12.3 Å². The molecule has 0 aliphatic rings. The van der Waals surface area contributed by atoms with Crippen molar-refractivity contribution in [2.75, 3.05) is 0 Å². The van der Waals surface area contributed by atoms with Gasteiger partial charge < -0.3 is 10.2 Å². The number of aromatic hydroxyl groups is 1. The summed E-state index contributed by atoms with van der Waals surface area (Å²) in [5, 5.41) is 17.6. The fraction of sp³-hybridized carbons (Fsp3) is 0.286. The van der Waals surface area contributed by atoms with Gasteiger partial charge in [0.1, 0.15) is 11.4 Å². The Balaban J connectivity index is 3.02. The Kier molecular flexibility index (Phi) is 2.42. The Morgan fingerprint density at radius 3 is 2.46 bits per heavy atom. The smallest absolute Gasteiger partial charge is 0.420 e. The summed E-state index contributed by atoms with van der Waals surface area (Å²) in [6, 6.07) is 2.29. The van der Waals surface area contributed by atoms with Crippen molar-refractivity contribution in [1.82, 2.24) is 4.98 Å². The minimum absolute atomic E-state index is 0.674. The van der Waals surface area contributed by atoms with Crippen molar-refractivity contribution in [3.8, 4) is 5.75 Å². The summed E-state index contributed by atoms with van der Waals surface area (Å²) in [4.78, 5) is 3.22. The van der Waals surface area contributed by atoms with Gasteiger partial charge in [-0.25, -0.2) is 0 Å². The summed E-state index contributed by atoms with van der Waals surface area (Å²) in [6.07, 6.45) is -6.50. The second-order valence-corrected chi connectivity index (χ2v) is 2.35. The predicted molar refractivity (Wildman–Crippen MR) is 36.9 cm³/mol. The maximum absolute atomic E-state index is 11.9. The molecule has 0 saturated heterocycles. The van der Waals surface area contributed by atoms with Crippen LogP contribution in [-0.2, 0) is 0 Å². The summed E-state index contributed by atoms with van der Waals surface area (Å²) in [6.45, 7) is 0. The van der Waals surface area contributed by atoms with Gasteiger partial charge in [-0.3, -0.25) is 4.98 Å². The highest BCUT2D eigenvalue weighted by atomic mass is 19.4. The van der Waals surface area contributed by atoms with E-state index in [-0.39, 0.29) is 0 Å². The second kappa shape index (κ2) is 3.21. The van der Waals surface area contributed by atoms with Crippen molar-refractivity contribution in [3.05, 3.63) is 24.0 Å². The van der Waals surface area contributed by atoms with Crippen molar-refractivity contribution in [2.45, 2.75) is 12.3 Å². The Morgan fingerprint density at radius 2 is 2.00 bits per heavy atom. The van der Waals surface area contributed by atoms with E-state index in [9.17, 15) is 13.2 Å². The molecule has 72 valence electrons. The Bertz CT molecular complexity index is 300. The number of alkyl halides is 3. The third-order valence-corrected chi connectivity index (χ3v) is 1.39. The van der Waals surface area contributed by atoms with Crippen molar-refractivity contribution in [1.29, 1.82) is 0 Å². The lowest BCUT2D eigenvalue weighted by Crippen LogP contribution is -2.21. The third-order valence-electron chi connectivity index (χ3n) is 1.39. The van der Waals surface area contributed by atoms with Crippen molar-refractivity contribution >= 4 is 0 Å². The summed E-state index contributed by atoms with van der Waals surface area (Å²) >= 11 is 0. The standard InChI is InChI=1S/C7H6F3NO2/c8-7(9,10)6(13)5-4(12)2-1-3-11-5/h1-3,6,12-13H. The maximum Gasteiger partial charge on any atom is 0.420 e. The molecule has 0 bridgehead atoms. The van der Waals surface area contributed by atoms with Gasteiger partial charge in [0, 0.05) is 6.20 Å². The molecule has 0 amide bonds. The van der Waals surface area contributed by atoms with Gasteiger partial charge in [0.15, 0.2) is 6.10 Å². The van der Waals surface area contributed by atoms with E-state index < -0.39 is 23.7 Å². The third kappa shape index (κ3) is 2.09. The van der Waals surface area contributed by atoms with Gasteiger partial charge in [0.2, 0.25) is 0 Å². The van der Waals surface area contributed by atoms with Crippen LogP contribution in [0, 0.1) is 0 Å². The van der Waals surface area contributed by atoms with Gasteiger partial charge in [0.05, 0.1) is 0 Å². The first-order valence-electron chi connectivity index (χ1n) is 3.31. The SMILES string of the molecule is Oc1cccnc1C(O)C(F)(F)F. The van der Waals surface area contributed by atoms with Crippen molar-refractivity contribution in [2.24, 2.45) is 0 Å². The van der Waals surface area contributed by atoms with Crippen LogP contribution in [0.25, 0.3) is 0 Å². The zero-order valence-electron chi connectivity index (χ0n) is 6.28. The Hall–Kier alpha value is -1.30. The van der Waals surface area contributed by atoms with E-state index in [0.29, 0.717) is 0 Å². The summed E-state index contributed by atoms with van der Waals surface area (Å²) in [7, 11) is 0. The molecule has 0 aliphatic heterocycles. The largest absolute Gasteiger partial charge is 0.506 e. The van der Waals surface area contributed by atoms with E-state index in [2.05, 4.69) is 4.98 Å². The molecule has 0 radical (unpaired) electrons. The van der Waals surface area contributed by atoms with Crippen LogP contribution in [0.3, 0.4) is 0 Å². The van der Waals surface area contributed by atoms with Crippen molar-refractivity contribution in [3.63, 3.8) is 0 Å². The molecule has 1 atom stereocenters. The highest BCUT2D eigenvalue weighted by Crippen LogP contribution is 2.34. The lowest BCUT2D eigenvalue weighted by Gasteiger charge is -2.14. The monoisotopic (exact) mass is 193 g/mol. The van der Waals surface area contributed by atoms with Crippen LogP contribution in [-0.4, -0.2) is 21.4 Å². The topological polar surface area (TPSA) is 53.4 Å². The number of rotatable bonds is 1. The molecule has 6 heteroatoms. The number of pyridine rings is 1. The number of aliphatic hydroxyl groups excluding tert-OH is 1. The fourth-order valence-electron chi connectivity index (χ4n) is 0.775. The minimum atomic E-state index is -4.81. The molecule has 3 nitrogen and oxygen atoms in total. The van der Waals surface area contributed by atoms with Crippen LogP contribution in [0.4, 0.5) is 13.2 Å². The average Bonchev–Trinajstić information content (AvgIpc) is 2.02. The number of aromatic nitrogens is 1. The quantitative estimate of drug-likeness (QED) is 0.708.